The minimum atomic E-state index is -0.0416. The summed E-state index contributed by atoms with van der Waals surface area (Å²) in [5.41, 5.74) is 5.70. The maximum Gasteiger partial charge on any atom is 0.174 e. The molecule has 5 heteroatoms. The van der Waals surface area contributed by atoms with Crippen molar-refractivity contribution in [1.82, 2.24) is 14.9 Å². The summed E-state index contributed by atoms with van der Waals surface area (Å²) >= 11 is 5.84. The largest absolute Gasteiger partial charge is 0.351 e. The number of thiocarbonyl (C=S) groups is 1. The van der Waals surface area contributed by atoms with E-state index in [1.54, 1.807) is 0 Å². The van der Waals surface area contributed by atoms with E-state index in [9.17, 15) is 0 Å². The Morgan fingerprint density at radius 1 is 0.875 bits per heavy atom. The van der Waals surface area contributed by atoms with Gasteiger partial charge in [-0.15, -0.1) is 0 Å². The lowest BCUT2D eigenvalue weighted by Crippen LogP contribution is -2.29. The van der Waals surface area contributed by atoms with E-state index < -0.39 is 0 Å². The summed E-state index contributed by atoms with van der Waals surface area (Å²) in [7, 11) is 0. The number of benzene rings is 2. The van der Waals surface area contributed by atoms with Crippen molar-refractivity contribution in [3.63, 3.8) is 0 Å². The molecule has 0 unspecified atom stereocenters. The van der Waals surface area contributed by atoms with Crippen LogP contribution in [-0.4, -0.2) is 14.7 Å². The minimum absolute atomic E-state index is 0.00716. The van der Waals surface area contributed by atoms with Gasteiger partial charge in [0.2, 0.25) is 0 Å². The lowest BCUT2D eigenvalue weighted by molar-refractivity contribution is 0.568. The molecule has 0 aliphatic carbocycles. The van der Waals surface area contributed by atoms with E-state index >= 15 is 0 Å². The molecule has 4 aromatic rings. The van der Waals surface area contributed by atoms with Crippen molar-refractivity contribution in [2.75, 3.05) is 4.90 Å². The van der Waals surface area contributed by atoms with Gasteiger partial charge in [0, 0.05) is 30.0 Å². The summed E-state index contributed by atoms with van der Waals surface area (Å²) in [6.07, 6.45) is 6.15. The normalized spacial score (nSPS) is 18.2. The molecule has 0 amide bonds. The van der Waals surface area contributed by atoms with Crippen LogP contribution < -0.4 is 10.2 Å². The minimum Gasteiger partial charge on any atom is -0.351 e. The molecule has 32 heavy (non-hydrogen) atoms. The summed E-state index contributed by atoms with van der Waals surface area (Å²) in [6, 6.07) is 27.3. The molecule has 1 aliphatic heterocycles. The molecule has 2 aromatic carbocycles. The van der Waals surface area contributed by atoms with E-state index in [1.165, 1.54) is 11.1 Å². The molecule has 2 atom stereocenters. The first-order valence-corrected chi connectivity index (χ1v) is 11.4. The molecule has 2 aromatic heterocycles. The lowest BCUT2D eigenvalue weighted by atomic mass is 9.98. The van der Waals surface area contributed by atoms with Gasteiger partial charge in [0.05, 0.1) is 17.8 Å². The summed E-state index contributed by atoms with van der Waals surface area (Å²) < 4.78 is 2.16. The monoisotopic (exact) mass is 438 g/mol. The standard InChI is InChI=1S/C27H26N4S/c1-19(2)20-11-13-23(14-12-20)31-26(25(29-27(31)32)24-10-6-7-16-28-24)21-15-17-30(18-21)22-8-4-3-5-9-22/h3-19,25-26H,1-2H3,(H,29,32)/t25-,26-/m0/s1. The average Bonchev–Trinajstić information content (AvgIpc) is 3.45. The predicted octanol–water partition coefficient (Wildman–Crippen LogP) is 6.17. The smallest absolute Gasteiger partial charge is 0.174 e. The SMILES string of the molecule is CC(C)c1ccc(N2C(=S)N[C@@H](c3ccccn3)[C@@H]2c2ccn(-c3ccccc3)c2)cc1. The summed E-state index contributed by atoms with van der Waals surface area (Å²) in [5.74, 6) is 0.490. The molecule has 5 rings (SSSR count). The molecule has 0 radical (unpaired) electrons. The Balaban J connectivity index is 1.58. The molecule has 1 N–H and O–H groups in total. The molecule has 1 saturated heterocycles. The van der Waals surface area contributed by atoms with Crippen molar-refractivity contribution in [1.29, 1.82) is 0 Å². The molecule has 0 saturated carbocycles. The molecular formula is C27H26N4S. The van der Waals surface area contributed by atoms with Crippen molar-refractivity contribution >= 4 is 23.0 Å². The zero-order valence-corrected chi connectivity index (χ0v) is 19.0. The molecule has 3 heterocycles. The Bertz CT molecular complexity index is 1200. The maximum atomic E-state index is 5.84. The average molecular weight is 439 g/mol. The molecular weight excluding hydrogens is 412 g/mol. The number of pyridine rings is 1. The maximum absolute atomic E-state index is 5.84. The fourth-order valence-corrected chi connectivity index (χ4v) is 4.69. The molecule has 4 nitrogen and oxygen atoms in total. The number of nitrogens with one attached hydrogen (secondary N) is 1. The van der Waals surface area contributed by atoms with E-state index in [0.29, 0.717) is 5.92 Å². The van der Waals surface area contributed by atoms with E-state index in [-0.39, 0.29) is 12.1 Å². The second kappa shape index (κ2) is 8.60. The number of anilines is 1. The van der Waals surface area contributed by atoms with Gasteiger partial charge in [-0.05, 0) is 71.7 Å². The molecule has 0 bridgehead atoms. The highest BCUT2D eigenvalue weighted by Crippen LogP contribution is 2.42. The van der Waals surface area contributed by atoms with Crippen LogP contribution in [0.25, 0.3) is 5.69 Å². The van der Waals surface area contributed by atoms with E-state index in [0.717, 1.165) is 22.2 Å². The van der Waals surface area contributed by atoms with Crippen LogP contribution in [0.3, 0.4) is 0 Å². The van der Waals surface area contributed by atoms with Crippen molar-refractivity contribution in [2.24, 2.45) is 0 Å². The Morgan fingerprint density at radius 3 is 2.31 bits per heavy atom. The van der Waals surface area contributed by atoms with Gasteiger partial charge in [-0.25, -0.2) is 0 Å². The molecule has 1 fully saturated rings. The third-order valence-corrected chi connectivity index (χ3v) is 6.36. The first kappa shape index (κ1) is 20.5. The van der Waals surface area contributed by atoms with Crippen molar-refractivity contribution in [3.05, 3.63) is 114 Å². The van der Waals surface area contributed by atoms with Gasteiger partial charge < -0.3 is 14.8 Å². The van der Waals surface area contributed by atoms with Crippen LogP contribution >= 0.6 is 12.2 Å². The Labute approximate surface area is 194 Å². The highest BCUT2D eigenvalue weighted by molar-refractivity contribution is 7.80. The second-order valence-electron chi connectivity index (χ2n) is 8.43. The molecule has 1 aliphatic rings. The van der Waals surface area contributed by atoms with Gasteiger partial charge >= 0.3 is 0 Å². The van der Waals surface area contributed by atoms with Crippen LogP contribution in [0.2, 0.25) is 0 Å². The lowest BCUT2D eigenvalue weighted by Gasteiger charge is -2.27. The van der Waals surface area contributed by atoms with E-state index in [2.05, 4.69) is 107 Å². The van der Waals surface area contributed by atoms with Gasteiger partial charge in [0.25, 0.3) is 0 Å². The van der Waals surface area contributed by atoms with Gasteiger partial charge in [-0.2, -0.15) is 0 Å². The third-order valence-electron chi connectivity index (χ3n) is 6.05. The van der Waals surface area contributed by atoms with E-state index in [4.69, 9.17) is 12.2 Å². The van der Waals surface area contributed by atoms with Crippen molar-refractivity contribution in [3.8, 4) is 5.69 Å². The van der Waals surface area contributed by atoms with Crippen LogP contribution in [0.15, 0.2) is 97.5 Å². The van der Waals surface area contributed by atoms with Crippen LogP contribution in [-0.2, 0) is 0 Å². The molecule has 160 valence electrons. The zero-order chi connectivity index (χ0) is 22.1. The van der Waals surface area contributed by atoms with Crippen LogP contribution in [0.5, 0.6) is 0 Å². The summed E-state index contributed by atoms with van der Waals surface area (Å²) in [4.78, 5) is 6.87. The second-order valence-corrected chi connectivity index (χ2v) is 8.82. The number of hydrogen-bond acceptors (Lipinski definition) is 2. The van der Waals surface area contributed by atoms with Gasteiger partial charge in [0.15, 0.2) is 5.11 Å². The number of rotatable bonds is 5. The fraction of sp³-hybridized carbons (Fsp3) is 0.185. The Kier molecular flexibility index (Phi) is 5.50. The first-order valence-electron chi connectivity index (χ1n) is 11.0. The highest BCUT2D eigenvalue weighted by Gasteiger charge is 2.41. The summed E-state index contributed by atoms with van der Waals surface area (Å²) in [5, 5.41) is 4.26. The first-order chi connectivity index (χ1) is 15.6. The highest BCUT2D eigenvalue weighted by atomic mass is 32.1. The number of nitrogens with zero attached hydrogens (tertiary/aromatic N) is 3. The predicted molar refractivity (Wildman–Crippen MR) is 134 cm³/mol. The van der Waals surface area contributed by atoms with Gasteiger partial charge in [-0.1, -0.05) is 50.2 Å². The zero-order valence-electron chi connectivity index (χ0n) is 18.2. The van der Waals surface area contributed by atoms with Gasteiger partial charge in [-0.3, -0.25) is 4.98 Å². The Hall–Kier alpha value is -3.44. The van der Waals surface area contributed by atoms with Gasteiger partial charge in [0.1, 0.15) is 0 Å². The number of para-hydroxylation sites is 1. The van der Waals surface area contributed by atoms with Crippen molar-refractivity contribution in [2.45, 2.75) is 31.8 Å². The van der Waals surface area contributed by atoms with Crippen molar-refractivity contribution < 1.29 is 0 Å². The topological polar surface area (TPSA) is 33.1 Å². The Morgan fingerprint density at radius 2 is 1.62 bits per heavy atom. The van der Waals surface area contributed by atoms with Crippen LogP contribution in [0.1, 0.15) is 48.7 Å². The molecule has 0 spiro atoms. The van der Waals surface area contributed by atoms with E-state index in [1.807, 2.05) is 24.4 Å². The number of hydrogen-bond donors (Lipinski definition) is 1. The fourth-order valence-electron chi connectivity index (χ4n) is 4.34. The van der Waals surface area contributed by atoms with Crippen LogP contribution in [0, 0.1) is 0 Å². The quantitative estimate of drug-likeness (QED) is 0.378. The van der Waals surface area contributed by atoms with Crippen LogP contribution in [0.4, 0.5) is 5.69 Å². The summed E-state index contributed by atoms with van der Waals surface area (Å²) in [6.45, 7) is 4.42. The number of aromatic nitrogens is 2. The third kappa shape index (κ3) is 3.80.